The van der Waals surface area contributed by atoms with E-state index in [2.05, 4.69) is 26.1 Å². The summed E-state index contributed by atoms with van der Waals surface area (Å²) in [5, 5.41) is 18.1. The van der Waals surface area contributed by atoms with Crippen molar-refractivity contribution in [3.05, 3.63) is 59.1 Å². The van der Waals surface area contributed by atoms with E-state index >= 15 is 0 Å². The van der Waals surface area contributed by atoms with Crippen LogP contribution in [0.25, 0.3) is 10.6 Å². The quantitative estimate of drug-likeness (QED) is 0.446. The van der Waals surface area contributed by atoms with Gasteiger partial charge in [-0.05, 0) is 30.5 Å². The van der Waals surface area contributed by atoms with Gasteiger partial charge in [0.2, 0.25) is 11.0 Å². The van der Waals surface area contributed by atoms with Crippen LogP contribution >= 0.6 is 22.9 Å². The maximum absolute atomic E-state index is 12.9. The van der Waals surface area contributed by atoms with Gasteiger partial charge in [-0.1, -0.05) is 79.6 Å². The van der Waals surface area contributed by atoms with Crippen molar-refractivity contribution >= 4 is 45.7 Å². The zero-order chi connectivity index (χ0) is 22.4. The number of urea groups is 1. The van der Waals surface area contributed by atoms with E-state index in [1.165, 1.54) is 11.3 Å². The van der Waals surface area contributed by atoms with Crippen molar-refractivity contribution in [2.75, 3.05) is 10.6 Å². The number of rotatable bonds is 7. The summed E-state index contributed by atoms with van der Waals surface area (Å²) in [5.74, 6) is -0.434. The lowest BCUT2D eigenvalue weighted by molar-refractivity contribution is -0.119. The highest BCUT2D eigenvalue weighted by molar-refractivity contribution is 7.18. The highest BCUT2D eigenvalue weighted by Gasteiger charge is 2.27. The van der Waals surface area contributed by atoms with E-state index in [9.17, 15) is 9.59 Å². The van der Waals surface area contributed by atoms with Gasteiger partial charge < -0.3 is 10.6 Å². The number of anilines is 2. The predicted octanol–water partition coefficient (Wildman–Crippen LogP) is 5.34. The van der Waals surface area contributed by atoms with Crippen LogP contribution < -0.4 is 16.0 Å². The number of aromatic nitrogens is 2. The Balaban J connectivity index is 1.67. The topological polar surface area (TPSA) is 96.0 Å². The van der Waals surface area contributed by atoms with E-state index in [-0.39, 0.29) is 11.8 Å². The molecule has 0 bridgehead atoms. The number of aryl methyl sites for hydroxylation is 1. The Labute approximate surface area is 190 Å². The van der Waals surface area contributed by atoms with Gasteiger partial charge in [-0.2, -0.15) is 0 Å². The molecule has 7 nitrogen and oxygen atoms in total. The van der Waals surface area contributed by atoms with E-state index in [1.807, 2.05) is 57.2 Å². The first-order valence-corrected chi connectivity index (χ1v) is 11.1. The molecule has 162 valence electrons. The second kappa shape index (κ2) is 10.4. The summed E-state index contributed by atoms with van der Waals surface area (Å²) in [7, 11) is 0. The van der Waals surface area contributed by atoms with Crippen molar-refractivity contribution in [3.8, 4) is 10.6 Å². The van der Waals surface area contributed by atoms with Crippen LogP contribution in [-0.4, -0.2) is 28.2 Å². The molecule has 0 radical (unpaired) electrons. The van der Waals surface area contributed by atoms with Gasteiger partial charge in [0.15, 0.2) is 0 Å². The SMILES string of the molecule is CC[C@@H](C)[C@H](NC(=O)Nc1ccc(C)c(Cl)c1)C(=O)Nc1nnc(-c2ccccc2)s1. The van der Waals surface area contributed by atoms with E-state index < -0.39 is 12.1 Å². The van der Waals surface area contributed by atoms with Crippen LogP contribution in [0, 0.1) is 12.8 Å². The highest BCUT2D eigenvalue weighted by Crippen LogP contribution is 2.26. The molecule has 0 fully saturated rings. The van der Waals surface area contributed by atoms with Crippen LogP contribution in [0.15, 0.2) is 48.5 Å². The van der Waals surface area contributed by atoms with Crippen LogP contribution in [0.4, 0.5) is 15.6 Å². The Kier molecular flexibility index (Phi) is 7.59. The lowest BCUT2D eigenvalue weighted by Gasteiger charge is -2.23. The Morgan fingerprint density at radius 1 is 1.10 bits per heavy atom. The fraction of sp³-hybridized carbons (Fsp3) is 0.273. The third kappa shape index (κ3) is 6.02. The van der Waals surface area contributed by atoms with Gasteiger partial charge >= 0.3 is 6.03 Å². The molecule has 2 aromatic carbocycles. The average molecular weight is 458 g/mol. The van der Waals surface area contributed by atoms with Gasteiger partial charge in [-0.15, -0.1) is 10.2 Å². The standard InChI is InChI=1S/C22H24ClN5O2S/c1-4-13(2)18(25-21(30)24-16-11-10-14(3)17(23)12-16)19(29)26-22-28-27-20(31-22)15-8-6-5-7-9-15/h5-13,18H,4H2,1-3H3,(H2,24,25,30)(H,26,28,29)/t13-,18+/m1/s1. The zero-order valence-electron chi connectivity index (χ0n) is 17.5. The van der Waals surface area contributed by atoms with Gasteiger partial charge in [0.25, 0.3) is 0 Å². The van der Waals surface area contributed by atoms with Crippen molar-refractivity contribution in [3.63, 3.8) is 0 Å². The minimum atomic E-state index is -0.741. The highest BCUT2D eigenvalue weighted by atomic mass is 35.5. The molecular weight excluding hydrogens is 434 g/mol. The van der Waals surface area contributed by atoms with Crippen molar-refractivity contribution in [1.82, 2.24) is 15.5 Å². The van der Waals surface area contributed by atoms with Crippen molar-refractivity contribution in [2.24, 2.45) is 5.92 Å². The second-order valence-corrected chi connectivity index (χ2v) is 8.58. The molecule has 1 heterocycles. The summed E-state index contributed by atoms with van der Waals surface area (Å²) in [6, 6.07) is 13.6. The third-order valence-electron chi connectivity index (χ3n) is 4.89. The summed E-state index contributed by atoms with van der Waals surface area (Å²) in [6.45, 7) is 5.75. The number of benzene rings is 2. The molecule has 31 heavy (non-hydrogen) atoms. The molecule has 3 aromatic rings. The van der Waals surface area contributed by atoms with Gasteiger partial charge in [-0.25, -0.2) is 4.79 Å². The molecule has 0 aliphatic rings. The molecule has 0 aliphatic heterocycles. The first-order valence-electron chi connectivity index (χ1n) is 9.90. The maximum Gasteiger partial charge on any atom is 0.319 e. The third-order valence-corrected chi connectivity index (χ3v) is 6.18. The summed E-state index contributed by atoms with van der Waals surface area (Å²) in [6.07, 6.45) is 0.708. The molecule has 3 amide bonds. The molecule has 3 rings (SSSR count). The largest absolute Gasteiger partial charge is 0.326 e. The Bertz CT molecular complexity index is 1060. The molecule has 0 aliphatic carbocycles. The fourth-order valence-corrected chi connectivity index (χ4v) is 3.77. The number of nitrogens with one attached hydrogen (secondary N) is 3. The van der Waals surface area contributed by atoms with Crippen molar-refractivity contribution in [1.29, 1.82) is 0 Å². The molecule has 0 saturated heterocycles. The maximum atomic E-state index is 12.9. The van der Waals surface area contributed by atoms with Crippen LogP contribution in [-0.2, 0) is 4.79 Å². The molecular formula is C22H24ClN5O2S. The summed E-state index contributed by atoms with van der Waals surface area (Å²) in [4.78, 5) is 25.4. The number of amides is 3. The minimum absolute atomic E-state index is 0.0890. The molecule has 0 spiro atoms. The first-order chi connectivity index (χ1) is 14.9. The lowest BCUT2D eigenvalue weighted by atomic mass is 9.98. The molecule has 1 aromatic heterocycles. The predicted molar refractivity (Wildman–Crippen MR) is 126 cm³/mol. The molecule has 9 heteroatoms. The first kappa shape index (κ1) is 22.7. The van der Waals surface area contributed by atoms with Gasteiger partial charge in [0, 0.05) is 16.3 Å². The second-order valence-electron chi connectivity index (χ2n) is 7.19. The lowest BCUT2D eigenvalue weighted by Crippen LogP contribution is -2.49. The number of halogens is 1. The summed E-state index contributed by atoms with van der Waals surface area (Å²) >= 11 is 7.39. The van der Waals surface area contributed by atoms with Crippen molar-refractivity contribution < 1.29 is 9.59 Å². The van der Waals surface area contributed by atoms with Crippen LogP contribution in [0.1, 0.15) is 25.8 Å². The molecule has 0 unspecified atom stereocenters. The molecule has 2 atom stereocenters. The number of carbonyl (C=O) groups is 2. The monoisotopic (exact) mass is 457 g/mol. The van der Waals surface area contributed by atoms with Crippen LogP contribution in [0.3, 0.4) is 0 Å². The van der Waals surface area contributed by atoms with E-state index in [0.717, 1.165) is 11.1 Å². The van der Waals surface area contributed by atoms with Gasteiger partial charge in [-0.3, -0.25) is 10.1 Å². The molecule has 0 saturated carbocycles. The average Bonchev–Trinajstić information content (AvgIpc) is 3.23. The van der Waals surface area contributed by atoms with E-state index in [4.69, 9.17) is 11.6 Å². The number of hydrogen-bond donors (Lipinski definition) is 3. The van der Waals surface area contributed by atoms with E-state index in [1.54, 1.807) is 12.1 Å². The Morgan fingerprint density at radius 3 is 2.52 bits per heavy atom. The molecule has 3 N–H and O–H groups in total. The smallest absolute Gasteiger partial charge is 0.319 e. The minimum Gasteiger partial charge on any atom is -0.326 e. The van der Waals surface area contributed by atoms with E-state index in [0.29, 0.717) is 27.3 Å². The Hall–Kier alpha value is -2.97. The summed E-state index contributed by atoms with van der Waals surface area (Å²) < 4.78 is 0. The fourth-order valence-electron chi connectivity index (χ4n) is 2.84. The van der Waals surface area contributed by atoms with Crippen LogP contribution in [0.2, 0.25) is 5.02 Å². The van der Waals surface area contributed by atoms with Gasteiger partial charge in [0.1, 0.15) is 11.0 Å². The zero-order valence-corrected chi connectivity index (χ0v) is 19.1. The van der Waals surface area contributed by atoms with Gasteiger partial charge in [0.05, 0.1) is 0 Å². The normalized spacial score (nSPS) is 12.6. The van der Waals surface area contributed by atoms with Crippen molar-refractivity contribution in [2.45, 2.75) is 33.2 Å². The van der Waals surface area contributed by atoms with Crippen LogP contribution in [0.5, 0.6) is 0 Å². The summed E-state index contributed by atoms with van der Waals surface area (Å²) in [5.41, 5.74) is 2.39. The number of hydrogen-bond acceptors (Lipinski definition) is 5. The number of carbonyl (C=O) groups excluding carboxylic acids is 2. The Morgan fingerprint density at radius 2 is 1.84 bits per heavy atom. The number of nitrogens with zero attached hydrogens (tertiary/aromatic N) is 2.